The van der Waals surface area contributed by atoms with Gasteiger partial charge in [0.1, 0.15) is 12.3 Å². The topological polar surface area (TPSA) is 177 Å². The first-order valence-corrected chi connectivity index (χ1v) is 9.81. The number of nitrogens with zero attached hydrogens (tertiary/aromatic N) is 2. The fourth-order valence-electron chi connectivity index (χ4n) is 2.66. The second-order valence-electron chi connectivity index (χ2n) is 6.12. The highest BCUT2D eigenvalue weighted by molar-refractivity contribution is 7.84. The Bertz CT molecular complexity index is 667. The second kappa shape index (κ2) is 10.8. The molecule has 1 fully saturated rings. The van der Waals surface area contributed by atoms with Gasteiger partial charge in [-0.1, -0.05) is 3.89 Å². The van der Waals surface area contributed by atoms with Crippen molar-refractivity contribution in [1.82, 2.24) is 14.9 Å². The van der Waals surface area contributed by atoms with Crippen LogP contribution in [0.5, 0.6) is 0 Å². The SMILES string of the molecule is NC(N)=NCCCC(C=O)NC(=O)CN1CCCCC(NS(=O)(=O)F)C1=O. The summed E-state index contributed by atoms with van der Waals surface area (Å²) in [5.41, 5.74) is 10.4. The fourth-order valence-corrected chi connectivity index (χ4v) is 3.22. The molecule has 1 aliphatic rings. The maximum absolute atomic E-state index is 12.8. The van der Waals surface area contributed by atoms with Gasteiger partial charge in [-0.25, -0.2) is 0 Å². The van der Waals surface area contributed by atoms with Crippen LogP contribution in [0, 0.1) is 0 Å². The molecular weight excluding hydrogens is 383 g/mol. The second-order valence-corrected chi connectivity index (χ2v) is 7.23. The maximum Gasteiger partial charge on any atom is 0.372 e. The predicted octanol–water partition coefficient (Wildman–Crippen LogP) is -2.09. The molecule has 0 aliphatic carbocycles. The highest BCUT2D eigenvalue weighted by atomic mass is 32.3. The van der Waals surface area contributed by atoms with E-state index in [2.05, 4.69) is 10.3 Å². The summed E-state index contributed by atoms with van der Waals surface area (Å²) in [7, 11) is -5.04. The zero-order valence-corrected chi connectivity index (χ0v) is 15.6. The molecule has 6 N–H and O–H groups in total. The van der Waals surface area contributed by atoms with Gasteiger partial charge in [0.15, 0.2) is 5.96 Å². The van der Waals surface area contributed by atoms with Crippen LogP contribution in [0.25, 0.3) is 0 Å². The monoisotopic (exact) mass is 408 g/mol. The van der Waals surface area contributed by atoms with Gasteiger partial charge in [0.05, 0.1) is 12.6 Å². The molecule has 11 nitrogen and oxygen atoms in total. The summed E-state index contributed by atoms with van der Waals surface area (Å²) in [6.45, 7) is 0.173. The first kappa shape index (κ1) is 22.8. The van der Waals surface area contributed by atoms with Gasteiger partial charge in [-0.3, -0.25) is 14.6 Å². The van der Waals surface area contributed by atoms with Gasteiger partial charge in [-0.15, -0.1) is 0 Å². The van der Waals surface area contributed by atoms with E-state index in [1.807, 2.05) is 0 Å². The number of carbonyl (C=O) groups excluding carboxylic acids is 3. The van der Waals surface area contributed by atoms with Crippen LogP contribution in [0.2, 0.25) is 0 Å². The van der Waals surface area contributed by atoms with Gasteiger partial charge in [0.25, 0.3) is 0 Å². The molecule has 1 rings (SSSR count). The lowest BCUT2D eigenvalue weighted by Crippen LogP contribution is -2.50. The smallest absolute Gasteiger partial charge is 0.370 e. The van der Waals surface area contributed by atoms with Crippen molar-refractivity contribution in [1.29, 1.82) is 0 Å². The Morgan fingerprint density at radius 2 is 2.11 bits per heavy atom. The first-order chi connectivity index (χ1) is 12.6. The van der Waals surface area contributed by atoms with Crippen molar-refractivity contribution in [2.24, 2.45) is 16.5 Å². The molecule has 154 valence electrons. The molecule has 0 bridgehead atoms. The molecule has 2 unspecified atom stereocenters. The molecule has 1 aliphatic heterocycles. The van der Waals surface area contributed by atoms with Crippen molar-refractivity contribution in [3.05, 3.63) is 0 Å². The molecule has 13 heteroatoms. The van der Waals surface area contributed by atoms with Crippen molar-refractivity contribution in [3.63, 3.8) is 0 Å². The summed E-state index contributed by atoms with van der Waals surface area (Å²) in [5.74, 6) is -1.33. The zero-order chi connectivity index (χ0) is 20.4. The summed E-state index contributed by atoms with van der Waals surface area (Å²) in [4.78, 5) is 40.5. The number of aliphatic imine (C=N–C) groups is 1. The van der Waals surface area contributed by atoms with E-state index >= 15 is 0 Å². The van der Waals surface area contributed by atoms with Gasteiger partial charge in [-0.05, 0) is 32.1 Å². The Morgan fingerprint density at radius 1 is 1.41 bits per heavy atom. The normalized spacial score (nSPS) is 19.1. The number of nitrogens with one attached hydrogen (secondary N) is 2. The number of carbonyl (C=O) groups is 3. The first-order valence-electron chi connectivity index (χ1n) is 8.43. The van der Waals surface area contributed by atoms with Gasteiger partial charge in [0, 0.05) is 13.1 Å². The summed E-state index contributed by atoms with van der Waals surface area (Å²) in [5, 5.41) is 2.48. The molecular formula is C14H25FN6O5S. The number of hydrogen-bond acceptors (Lipinski definition) is 6. The van der Waals surface area contributed by atoms with E-state index in [0.717, 1.165) is 4.90 Å². The minimum Gasteiger partial charge on any atom is -0.370 e. The van der Waals surface area contributed by atoms with Crippen molar-refractivity contribution < 1.29 is 26.7 Å². The number of halogens is 1. The summed E-state index contributed by atoms with van der Waals surface area (Å²) >= 11 is 0. The molecule has 0 aromatic carbocycles. The molecule has 0 saturated carbocycles. The van der Waals surface area contributed by atoms with E-state index < -0.39 is 34.3 Å². The van der Waals surface area contributed by atoms with E-state index in [1.165, 1.54) is 0 Å². The number of hydrogen-bond donors (Lipinski definition) is 4. The van der Waals surface area contributed by atoms with Crippen LogP contribution in [-0.2, 0) is 24.8 Å². The summed E-state index contributed by atoms with van der Waals surface area (Å²) < 4.78 is 36.0. The lowest BCUT2D eigenvalue weighted by atomic mass is 10.1. The number of rotatable bonds is 10. The standard InChI is InChI=1S/C14H25FN6O5S/c15-27(25,26)20-11-5-1-2-7-21(13(11)24)8-12(23)19-10(9-22)4-3-6-18-14(16)17/h9-11,20H,1-8H2,(H,19,23)(H4,16,17,18). The third-order valence-corrected chi connectivity index (χ3v) is 4.44. The Labute approximate surface area is 157 Å². The molecule has 27 heavy (non-hydrogen) atoms. The lowest BCUT2D eigenvalue weighted by Gasteiger charge is -2.24. The van der Waals surface area contributed by atoms with Crippen LogP contribution in [0.15, 0.2) is 4.99 Å². The van der Waals surface area contributed by atoms with Crippen molar-refractivity contribution in [2.75, 3.05) is 19.6 Å². The molecule has 0 aromatic heterocycles. The van der Waals surface area contributed by atoms with Crippen LogP contribution in [0.4, 0.5) is 3.89 Å². The molecule has 1 heterocycles. The van der Waals surface area contributed by atoms with Crippen LogP contribution in [0.1, 0.15) is 32.1 Å². The Kier molecular flexibility index (Phi) is 9.08. The van der Waals surface area contributed by atoms with Crippen molar-refractivity contribution in [2.45, 2.75) is 44.2 Å². The number of nitrogens with two attached hydrogens (primary N) is 2. The summed E-state index contributed by atoms with van der Waals surface area (Å²) in [6, 6.07) is -2.02. The molecule has 2 amide bonds. The number of aldehydes is 1. The Balaban J connectivity index is 2.58. The maximum atomic E-state index is 12.8. The number of guanidine groups is 1. The average Bonchev–Trinajstić information content (AvgIpc) is 2.72. The highest BCUT2D eigenvalue weighted by Crippen LogP contribution is 2.13. The van der Waals surface area contributed by atoms with Crippen molar-refractivity contribution in [3.8, 4) is 0 Å². The molecule has 1 saturated heterocycles. The van der Waals surface area contributed by atoms with E-state index in [-0.39, 0.29) is 25.5 Å². The number of amides is 2. The van der Waals surface area contributed by atoms with Crippen LogP contribution in [-0.4, -0.2) is 69.1 Å². The molecule has 0 aromatic rings. The van der Waals surface area contributed by atoms with E-state index in [1.54, 1.807) is 4.72 Å². The Morgan fingerprint density at radius 3 is 2.70 bits per heavy atom. The van der Waals surface area contributed by atoms with Gasteiger partial charge in [-0.2, -0.15) is 13.1 Å². The predicted molar refractivity (Wildman–Crippen MR) is 95.3 cm³/mol. The molecule has 0 radical (unpaired) electrons. The fraction of sp³-hybridized carbons (Fsp3) is 0.714. The largest absolute Gasteiger partial charge is 0.372 e. The molecule has 2 atom stereocenters. The number of likely N-dealkylation sites (tertiary alicyclic amines) is 1. The van der Waals surface area contributed by atoms with E-state index in [0.29, 0.717) is 38.5 Å². The van der Waals surface area contributed by atoms with Crippen molar-refractivity contribution >= 4 is 34.5 Å². The van der Waals surface area contributed by atoms with E-state index in [9.17, 15) is 26.7 Å². The quantitative estimate of drug-likeness (QED) is 0.105. The molecule has 0 spiro atoms. The zero-order valence-electron chi connectivity index (χ0n) is 14.8. The van der Waals surface area contributed by atoms with Gasteiger partial charge >= 0.3 is 10.4 Å². The minimum atomic E-state index is -5.04. The van der Waals surface area contributed by atoms with Crippen LogP contribution in [0.3, 0.4) is 0 Å². The van der Waals surface area contributed by atoms with Crippen LogP contribution >= 0.6 is 0 Å². The minimum absolute atomic E-state index is 0.0696. The third-order valence-electron chi connectivity index (χ3n) is 3.88. The lowest BCUT2D eigenvalue weighted by molar-refractivity contribution is -0.137. The third kappa shape index (κ3) is 9.28. The van der Waals surface area contributed by atoms with Crippen LogP contribution < -0.4 is 21.5 Å². The van der Waals surface area contributed by atoms with Gasteiger partial charge < -0.3 is 26.5 Å². The average molecular weight is 408 g/mol. The van der Waals surface area contributed by atoms with Gasteiger partial charge in [0.2, 0.25) is 11.8 Å². The Hall–Kier alpha value is -2.28. The highest BCUT2D eigenvalue weighted by Gasteiger charge is 2.31. The summed E-state index contributed by atoms with van der Waals surface area (Å²) in [6.07, 6.45) is 2.52. The van der Waals surface area contributed by atoms with E-state index in [4.69, 9.17) is 11.5 Å².